The number of carbonyl (C=O) groups is 3. The SMILES string of the molecule is COCCN1C(=O)S/C(=C/c2ccc(OCC(=O)Nc3ccc(C)cc3)cc2)C1=O. The van der Waals surface area contributed by atoms with Crippen LogP contribution in [0.3, 0.4) is 0 Å². The molecule has 3 amide bonds. The van der Waals surface area contributed by atoms with Crippen molar-refractivity contribution in [1.82, 2.24) is 4.90 Å². The van der Waals surface area contributed by atoms with E-state index in [1.165, 1.54) is 12.0 Å². The second-order valence-corrected chi connectivity index (χ2v) is 7.59. The molecule has 0 saturated carbocycles. The molecular weight excluding hydrogens is 404 g/mol. The molecule has 0 bridgehead atoms. The summed E-state index contributed by atoms with van der Waals surface area (Å²) >= 11 is 0.906. The molecule has 1 aliphatic rings. The molecule has 2 aromatic rings. The van der Waals surface area contributed by atoms with Gasteiger partial charge in [-0.1, -0.05) is 29.8 Å². The predicted octanol–water partition coefficient (Wildman–Crippen LogP) is 3.70. The zero-order valence-electron chi connectivity index (χ0n) is 16.7. The lowest BCUT2D eigenvalue weighted by atomic mass is 10.2. The number of nitrogens with zero attached hydrogens (tertiary/aromatic N) is 1. The van der Waals surface area contributed by atoms with Crippen LogP contribution in [0.15, 0.2) is 53.4 Å². The van der Waals surface area contributed by atoms with E-state index >= 15 is 0 Å². The number of hydrogen-bond acceptors (Lipinski definition) is 6. The number of benzene rings is 2. The zero-order valence-corrected chi connectivity index (χ0v) is 17.5. The fourth-order valence-corrected chi connectivity index (χ4v) is 3.53. The quantitative estimate of drug-likeness (QED) is 0.648. The van der Waals surface area contributed by atoms with Gasteiger partial charge in [0.15, 0.2) is 6.61 Å². The van der Waals surface area contributed by atoms with Crippen LogP contribution in [0.5, 0.6) is 5.75 Å². The molecule has 1 saturated heterocycles. The van der Waals surface area contributed by atoms with Gasteiger partial charge in [-0.3, -0.25) is 19.3 Å². The number of rotatable bonds is 8. The summed E-state index contributed by atoms with van der Waals surface area (Å²) in [6.45, 7) is 2.39. The van der Waals surface area contributed by atoms with Gasteiger partial charge < -0.3 is 14.8 Å². The number of ether oxygens (including phenoxy) is 2. The number of hydrogen-bond donors (Lipinski definition) is 1. The minimum atomic E-state index is -0.324. The lowest BCUT2D eigenvalue weighted by Crippen LogP contribution is -2.31. The minimum Gasteiger partial charge on any atom is -0.484 e. The Balaban J connectivity index is 1.54. The van der Waals surface area contributed by atoms with Crippen molar-refractivity contribution in [1.29, 1.82) is 0 Å². The summed E-state index contributed by atoms with van der Waals surface area (Å²) in [4.78, 5) is 37.8. The van der Waals surface area contributed by atoms with Crippen LogP contribution in [0.2, 0.25) is 0 Å². The molecule has 1 N–H and O–H groups in total. The van der Waals surface area contributed by atoms with Gasteiger partial charge in [0.1, 0.15) is 5.75 Å². The fraction of sp³-hybridized carbons (Fsp3) is 0.227. The van der Waals surface area contributed by atoms with E-state index in [1.807, 2.05) is 31.2 Å². The maximum Gasteiger partial charge on any atom is 0.293 e. The summed E-state index contributed by atoms with van der Waals surface area (Å²) in [6.07, 6.45) is 1.66. The van der Waals surface area contributed by atoms with Crippen molar-refractivity contribution < 1.29 is 23.9 Å². The maximum absolute atomic E-state index is 12.3. The highest BCUT2D eigenvalue weighted by Crippen LogP contribution is 2.32. The Kier molecular flexibility index (Phi) is 7.26. The largest absolute Gasteiger partial charge is 0.484 e. The first-order valence-corrected chi connectivity index (χ1v) is 10.1. The van der Waals surface area contributed by atoms with Crippen molar-refractivity contribution >= 4 is 40.6 Å². The molecule has 0 aromatic heterocycles. The average molecular weight is 426 g/mol. The van der Waals surface area contributed by atoms with Gasteiger partial charge in [0.25, 0.3) is 17.1 Å². The highest BCUT2D eigenvalue weighted by atomic mass is 32.2. The molecule has 0 atom stereocenters. The Morgan fingerprint density at radius 1 is 1.10 bits per heavy atom. The number of nitrogens with one attached hydrogen (secondary N) is 1. The molecule has 1 aliphatic heterocycles. The van der Waals surface area contributed by atoms with Gasteiger partial charge in [0.2, 0.25) is 0 Å². The van der Waals surface area contributed by atoms with Crippen LogP contribution >= 0.6 is 11.8 Å². The summed E-state index contributed by atoms with van der Waals surface area (Å²) in [6, 6.07) is 14.4. The van der Waals surface area contributed by atoms with E-state index in [0.29, 0.717) is 22.9 Å². The topological polar surface area (TPSA) is 84.9 Å². The smallest absolute Gasteiger partial charge is 0.293 e. The Morgan fingerprint density at radius 3 is 2.47 bits per heavy atom. The first-order chi connectivity index (χ1) is 14.5. The van der Waals surface area contributed by atoms with Crippen LogP contribution in [-0.4, -0.2) is 48.8 Å². The first-order valence-electron chi connectivity index (χ1n) is 9.30. The van der Waals surface area contributed by atoms with Crippen molar-refractivity contribution in [2.24, 2.45) is 0 Å². The minimum absolute atomic E-state index is 0.119. The number of thioether (sulfide) groups is 1. The van der Waals surface area contributed by atoms with Crippen molar-refractivity contribution in [3.63, 3.8) is 0 Å². The van der Waals surface area contributed by atoms with Crippen LogP contribution in [0.4, 0.5) is 10.5 Å². The molecule has 7 nitrogen and oxygen atoms in total. The van der Waals surface area contributed by atoms with Crippen LogP contribution in [0, 0.1) is 6.92 Å². The molecule has 1 heterocycles. The van der Waals surface area contributed by atoms with Crippen molar-refractivity contribution in [2.45, 2.75) is 6.92 Å². The third-order valence-corrected chi connectivity index (χ3v) is 5.18. The van der Waals surface area contributed by atoms with Crippen LogP contribution < -0.4 is 10.1 Å². The molecule has 2 aromatic carbocycles. The normalized spacial score (nSPS) is 15.0. The average Bonchev–Trinajstić information content (AvgIpc) is 3.00. The predicted molar refractivity (Wildman–Crippen MR) is 116 cm³/mol. The highest BCUT2D eigenvalue weighted by molar-refractivity contribution is 8.18. The van der Waals surface area contributed by atoms with E-state index in [0.717, 1.165) is 22.9 Å². The number of carbonyl (C=O) groups excluding carboxylic acids is 3. The monoisotopic (exact) mass is 426 g/mol. The molecule has 0 spiro atoms. The molecular formula is C22H22N2O5S. The highest BCUT2D eigenvalue weighted by Gasteiger charge is 2.34. The second kappa shape index (κ2) is 10.1. The number of amides is 3. The van der Waals surface area contributed by atoms with Gasteiger partial charge in [-0.25, -0.2) is 0 Å². The summed E-state index contributed by atoms with van der Waals surface area (Å²) in [5.74, 6) is -0.0535. The molecule has 8 heteroatoms. The molecule has 30 heavy (non-hydrogen) atoms. The summed E-state index contributed by atoms with van der Waals surface area (Å²) in [5, 5.41) is 2.46. The zero-order chi connectivity index (χ0) is 21.5. The van der Waals surface area contributed by atoms with E-state index in [2.05, 4.69) is 5.32 Å². The van der Waals surface area contributed by atoms with Gasteiger partial charge >= 0.3 is 0 Å². The summed E-state index contributed by atoms with van der Waals surface area (Å²) in [5.41, 5.74) is 2.58. The second-order valence-electron chi connectivity index (χ2n) is 6.60. The number of anilines is 1. The lowest BCUT2D eigenvalue weighted by Gasteiger charge is -2.10. The Bertz CT molecular complexity index is 954. The van der Waals surface area contributed by atoms with E-state index in [4.69, 9.17) is 9.47 Å². The maximum atomic E-state index is 12.3. The van der Waals surface area contributed by atoms with Gasteiger partial charge in [-0.05, 0) is 54.6 Å². The fourth-order valence-electron chi connectivity index (χ4n) is 2.67. The lowest BCUT2D eigenvalue weighted by molar-refractivity contribution is -0.123. The number of methoxy groups -OCH3 is 1. The van der Waals surface area contributed by atoms with Crippen molar-refractivity contribution in [3.05, 3.63) is 64.6 Å². The molecule has 0 aliphatic carbocycles. The molecule has 3 rings (SSSR count). The first kappa shape index (κ1) is 21.6. The van der Waals surface area contributed by atoms with E-state index in [9.17, 15) is 14.4 Å². The Labute approximate surface area is 179 Å². The third kappa shape index (κ3) is 5.71. The van der Waals surface area contributed by atoms with E-state index in [1.54, 1.807) is 30.3 Å². The van der Waals surface area contributed by atoms with E-state index in [-0.39, 0.29) is 30.2 Å². The summed E-state index contributed by atoms with van der Waals surface area (Å²) in [7, 11) is 1.52. The van der Waals surface area contributed by atoms with Crippen LogP contribution in [-0.2, 0) is 14.3 Å². The van der Waals surface area contributed by atoms with Crippen molar-refractivity contribution in [2.75, 3.05) is 32.2 Å². The standard InChI is InChI=1S/C22H22N2O5S/c1-15-3-7-17(8-4-15)23-20(25)14-29-18-9-5-16(6-10-18)13-19-21(26)24(11-12-28-2)22(27)30-19/h3-10,13H,11-12,14H2,1-2H3,(H,23,25)/b19-13+. The molecule has 1 fully saturated rings. The van der Waals surface area contributed by atoms with Gasteiger partial charge in [-0.2, -0.15) is 0 Å². The van der Waals surface area contributed by atoms with Gasteiger partial charge in [-0.15, -0.1) is 0 Å². The van der Waals surface area contributed by atoms with Crippen LogP contribution in [0.25, 0.3) is 6.08 Å². The Hall–Kier alpha value is -3.10. The molecule has 156 valence electrons. The van der Waals surface area contributed by atoms with Crippen LogP contribution in [0.1, 0.15) is 11.1 Å². The molecule has 0 radical (unpaired) electrons. The van der Waals surface area contributed by atoms with E-state index < -0.39 is 0 Å². The van der Waals surface area contributed by atoms with Crippen molar-refractivity contribution in [3.8, 4) is 5.75 Å². The third-order valence-electron chi connectivity index (χ3n) is 4.28. The Morgan fingerprint density at radius 2 is 1.80 bits per heavy atom. The van der Waals surface area contributed by atoms with Gasteiger partial charge in [0.05, 0.1) is 18.1 Å². The summed E-state index contributed by atoms with van der Waals surface area (Å²) < 4.78 is 10.4. The van der Waals surface area contributed by atoms with Gasteiger partial charge in [0, 0.05) is 12.8 Å². The number of aryl methyl sites for hydroxylation is 1. The molecule has 0 unspecified atom stereocenters. The number of imide groups is 1.